The second-order valence-corrected chi connectivity index (χ2v) is 6.00. The molecule has 0 saturated carbocycles. The Morgan fingerprint density at radius 3 is 2.75 bits per heavy atom. The normalized spacial score (nSPS) is 24.2. The molecule has 4 heteroatoms. The van der Waals surface area contributed by atoms with Crippen LogP contribution in [0, 0.1) is 11.8 Å². The van der Waals surface area contributed by atoms with Crippen molar-refractivity contribution < 1.29 is 14.6 Å². The summed E-state index contributed by atoms with van der Waals surface area (Å²) in [6.07, 6.45) is 6.55. The van der Waals surface area contributed by atoms with Gasteiger partial charge in [-0.05, 0) is 38.5 Å². The molecular weight excluding hydrogens is 254 g/mol. The van der Waals surface area contributed by atoms with Crippen molar-refractivity contribution in [2.24, 2.45) is 11.8 Å². The predicted octanol–water partition coefficient (Wildman–Crippen LogP) is 1.98. The fourth-order valence-electron chi connectivity index (χ4n) is 2.29. The largest absolute Gasteiger partial charge is 0.389 e. The van der Waals surface area contributed by atoms with Gasteiger partial charge >= 0.3 is 0 Å². The van der Waals surface area contributed by atoms with E-state index in [1.807, 2.05) is 13.8 Å². The fourth-order valence-corrected chi connectivity index (χ4v) is 2.29. The van der Waals surface area contributed by atoms with Gasteiger partial charge in [0.05, 0.1) is 32.0 Å². The first-order chi connectivity index (χ1) is 9.59. The standard InChI is InChI=1S/C16H31NO3/c1-13(2)20-9-8-17-10-16(18)12-19-11-15-7-5-4-6-14(15)3/h4-5,13-18H,6-12H2,1-3H3. The summed E-state index contributed by atoms with van der Waals surface area (Å²) >= 11 is 0. The van der Waals surface area contributed by atoms with Gasteiger partial charge in [-0.3, -0.25) is 0 Å². The van der Waals surface area contributed by atoms with E-state index in [0.717, 1.165) is 26.0 Å². The van der Waals surface area contributed by atoms with Crippen molar-refractivity contribution in [1.29, 1.82) is 0 Å². The van der Waals surface area contributed by atoms with Crippen LogP contribution in [0.2, 0.25) is 0 Å². The van der Waals surface area contributed by atoms with Crippen LogP contribution in [0.1, 0.15) is 33.6 Å². The summed E-state index contributed by atoms with van der Waals surface area (Å²) in [6, 6.07) is 0. The summed E-state index contributed by atoms with van der Waals surface area (Å²) in [7, 11) is 0. The molecule has 1 rings (SSSR count). The van der Waals surface area contributed by atoms with Crippen molar-refractivity contribution in [2.45, 2.75) is 45.8 Å². The first kappa shape index (κ1) is 17.6. The summed E-state index contributed by atoms with van der Waals surface area (Å²) < 4.78 is 11.1. The number of hydrogen-bond donors (Lipinski definition) is 2. The summed E-state index contributed by atoms with van der Waals surface area (Å²) in [6.45, 7) is 9.46. The van der Waals surface area contributed by atoms with E-state index in [9.17, 15) is 5.11 Å². The third kappa shape index (κ3) is 8.00. The molecule has 4 nitrogen and oxygen atoms in total. The summed E-state index contributed by atoms with van der Waals surface area (Å²) in [5, 5.41) is 13.0. The Morgan fingerprint density at radius 1 is 1.30 bits per heavy atom. The average Bonchev–Trinajstić information content (AvgIpc) is 2.40. The molecule has 1 aliphatic carbocycles. The molecule has 0 bridgehead atoms. The molecule has 2 N–H and O–H groups in total. The van der Waals surface area contributed by atoms with Crippen molar-refractivity contribution in [2.75, 3.05) is 32.9 Å². The summed E-state index contributed by atoms with van der Waals surface area (Å²) in [5.74, 6) is 1.28. The minimum atomic E-state index is -0.441. The Morgan fingerprint density at radius 2 is 2.05 bits per heavy atom. The maximum absolute atomic E-state index is 9.81. The van der Waals surface area contributed by atoms with Crippen LogP contribution in [-0.4, -0.2) is 50.2 Å². The van der Waals surface area contributed by atoms with Gasteiger partial charge in [-0.15, -0.1) is 0 Å². The molecule has 0 spiro atoms. The molecule has 0 aromatic rings. The van der Waals surface area contributed by atoms with E-state index in [-0.39, 0.29) is 6.10 Å². The van der Waals surface area contributed by atoms with Crippen LogP contribution in [0.4, 0.5) is 0 Å². The summed E-state index contributed by atoms with van der Waals surface area (Å²) in [5.41, 5.74) is 0. The molecule has 0 aromatic heterocycles. The number of allylic oxidation sites excluding steroid dienone is 2. The molecule has 118 valence electrons. The van der Waals surface area contributed by atoms with Crippen molar-refractivity contribution in [3.63, 3.8) is 0 Å². The van der Waals surface area contributed by atoms with Gasteiger partial charge in [0.15, 0.2) is 0 Å². The zero-order valence-corrected chi connectivity index (χ0v) is 13.2. The lowest BCUT2D eigenvalue weighted by Crippen LogP contribution is -2.33. The van der Waals surface area contributed by atoms with Crippen LogP contribution < -0.4 is 5.32 Å². The first-order valence-electron chi connectivity index (χ1n) is 7.82. The Balaban J connectivity index is 1.97. The molecule has 20 heavy (non-hydrogen) atoms. The Hall–Kier alpha value is -0.420. The molecule has 0 amide bonds. The van der Waals surface area contributed by atoms with E-state index >= 15 is 0 Å². The lowest BCUT2D eigenvalue weighted by Gasteiger charge is -2.25. The van der Waals surface area contributed by atoms with Crippen LogP contribution >= 0.6 is 0 Å². The fraction of sp³-hybridized carbons (Fsp3) is 0.875. The SMILES string of the molecule is CC(C)OCCNCC(O)COCC1CC=CCC1C. The van der Waals surface area contributed by atoms with Gasteiger partial charge in [0.1, 0.15) is 0 Å². The minimum absolute atomic E-state index is 0.261. The number of aliphatic hydroxyl groups is 1. The van der Waals surface area contributed by atoms with Gasteiger partial charge < -0.3 is 19.9 Å². The van der Waals surface area contributed by atoms with Gasteiger partial charge in [-0.2, -0.15) is 0 Å². The zero-order chi connectivity index (χ0) is 14.8. The Kier molecular flexibility index (Phi) is 9.10. The Bertz CT molecular complexity index is 268. The molecule has 0 heterocycles. The number of aliphatic hydroxyl groups excluding tert-OH is 1. The van der Waals surface area contributed by atoms with Gasteiger partial charge in [-0.25, -0.2) is 0 Å². The van der Waals surface area contributed by atoms with E-state index in [2.05, 4.69) is 24.4 Å². The number of rotatable bonds is 10. The predicted molar refractivity (Wildman–Crippen MR) is 81.8 cm³/mol. The van der Waals surface area contributed by atoms with Crippen LogP contribution in [0.15, 0.2) is 12.2 Å². The van der Waals surface area contributed by atoms with Gasteiger partial charge in [0, 0.05) is 13.1 Å². The lowest BCUT2D eigenvalue weighted by molar-refractivity contribution is 0.0115. The van der Waals surface area contributed by atoms with Crippen molar-refractivity contribution in [3.05, 3.63) is 12.2 Å². The maximum atomic E-state index is 9.81. The highest BCUT2D eigenvalue weighted by atomic mass is 16.5. The van der Waals surface area contributed by atoms with E-state index in [4.69, 9.17) is 9.47 Å². The minimum Gasteiger partial charge on any atom is -0.389 e. The van der Waals surface area contributed by atoms with Crippen LogP contribution in [-0.2, 0) is 9.47 Å². The lowest BCUT2D eigenvalue weighted by atomic mass is 9.85. The topological polar surface area (TPSA) is 50.7 Å². The molecule has 0 aromatic carbocycles. The van der Waals surface area contributed by atoms with Crippen molar-refractivity contribution >= 4 is 0 Å². The van der Waals surface area contributed by atoms with E-state index < -0.39 is 6.10 Å². The smallest absolute Gasteiger partial charge is 0.0897 e. The van der Waals surface area contributed by atoms with E-state index in [1.165, 1.54) is 0 Å². The zero-order valence-electron chi connectivity index (χ0n) is 13.2. The van der Waals surface area contributed by atoms with E-state index in [0.29, 0.717) is 31.6 Å². The quantitative estimate of drug-likeness (QED) is 0.476. The molecule has 0 saturated heterocycles. The van der Waals surface area contributed by atoms with Gasteiger partial charge in [0.2, 0.25) is 0 Å². The molecule has 1 aliphatic rings. The van der Waals surface area contributed by atoms with Crippen LogP contribution in [0.3, 0.4) is 0 Å². The molecular formula is C16H31NO3. The highest BCUT2D eigenvalue weighted by Crippen LogP contribution is 2.24. The third-order valence-electron chi connectivity index (χ3n) is 3.67. The van der Waals surface area contributed by atoms with Crippen LogP contribution in [0.5, 0.6) is 0 Å². The summed E-state index contributed by atoms with van der Waals surface area (Å²) in [4.78, 5) is 0. The molecule has 3 atom stereocenters. The van der Waals surface area contributed by atoms with Crippen molar-refractivity contribution in [3.8, 4) is 0 Å². The number of nitrogens with one attached hydrogen (secondary N) is 1. The molecule has 0 fully saturated rings. The van der Waals surface area contributed by atoms with Gasteiger partial charge in [0.25, 0.3) is 0 Å². The second kappa shape index (κ2) is 10.3. The average molecular weight is 285 g/mol. The first-order valence-corrected chi connectivity index (χ1v) is 7.82. The number of ether oxygens (including phenoxy) is 2. The highest BCUT2D eigenvalue weighted by Gasteiger charge is 2.18. The number of hydrogen-bond acceptors (Lipinski definition) is 4. The van der Waals surface area contributed by atoms with Crippen molar-refractivity contribution in [1.82, 2.24) is 5.32 Å². The van der Waals surface area contributed by atoms with Gasteiger partial charge in [-0.1, -0.05) is 19.1 Å². The molecule has 3 unspecified atom stereocenters. The molecule has 0 radical (unpaired) electrons. The Labute approximate surface area is 123 Å². The monoisotopic (exact) mass is 285 g/mol. The van der Waals surface area contributed by atoms with E-state index in [1.54, 1.807) is 0 Å². The maximum Gasteiger partial charge on any atom is 0.0897 e. The molecule has 0 aliphatic heterocycles. The van der Waals surface area contributed by atoms with Crippen LogP contribution in [0.25, 0.3) is 0 Å². The third-order valence-corrected chi connectivity index (χ3v) is 3.67. The second-order valence-electron chi connectivity index (χ2n) is 6.00. The highest BCUT2D eigenvalue weighted by molar-refractivity contribution is 4.93.